The van der Waals surface area contributed by atoms with Crippen molar-refractivity contribution in [3.8, 4) is 0 Å². The molecule has 3 heterocycles. The van der Waals surface area contributed by atoms with Crippen molar-refractivity contribution in [3.63, 3.8) is 0 Å². The van der Waals surface area contributed by atoms with Crippen molar-refractivity contribution >= 4 is 17.7 Å². The van der Waals surface area contributed by atoms with Crippen molar-refractivity contribution in [2.75, 3.05) is 31.2 Å². The minimum Gasteiger partial charge on any atom is -0.378 e. The van der Waals surface area contributed by atoms with Crippen LogP contribution >= 0.6 is 11.8 Å². The van der Waals surface area contributed by atoms with Crippen LogP contribution in [0.2, 0.25) is 0 Å². The number of nitrogens with zero attached hydrogens (tertiary/aromatic N) is 6. The standard InChI is InChI=1S/C15H21F3N6O2S/c1-9(2)11-19-12(26-22-11)10(3)27-14-21-20-13(23-4-6-25-7-5-23)24(14)8-15(16,17)18/h9-10H,4-8H2,1-3H3. The van der Waals surface area contributed by atoms with Crippen molar-refractivity contribution in [3.05, 3.63) is 11.7 Å². The molecule has 2 aromatic rings. The summed E-state index contributed by atoms with van der Waals surface area (Å²) in [6.07, 6.45) is -4.39. The minimum atomic E-state index is -4.39. The lowest BCUT2D eigenvalue weighted by atomic mass is 10.2. The second-order valence-electron chi connectivity index (χ2n) is 6.49. The van der Waals surface area contributed by atoms with Crippen LogP contribution in [0, 0.1) is 0 Å². The Balaban J connectivity index is 1.83. The molecule has 1 unspecified atom stereocenters. The van der Waals surface area contributed by atoms with Crippen LogP contribution in [-0.2, 0) is 11.3 Å². The topological polar surface area (TPSA) is 82.1 Å². The number of aromatic nitrogens is 5. The van der Waals surface area contributed by atoms with Gasteiger partial charge in [-0.25, -0.2) is 0 Å². The summed E-state index contributed by atoms with van der Waals surface area (Å²) in [5.74, 6) is 1.20. The normalized spacial score (nSPS) is 16.9. The molecule has 150 valence electrons. The fraction of sp³-hybridized carbons (Fsp3) is 0.733. The minimum absolute atomic E-state index is 0.0986. The maximum Gasteiger partial charge on any atom is 0.406 e. The van der Waals surface area contributed by atoms with Gasteiger partial charge < -0.3 is 14.2 Å². The number of thioether (sulfide) groups is 1. The number of ether oxygens (including phenoxy) is 1. The summed E-state index contributed by atoms with van der Waals surface area (Å²) >= 11 is 1.11. The zero-order valence-corrected chi connectivity index (χ0v) is 16.0. The first-order valence-corrected chi connectivity index (χ1v) is 9.45. The highest BCUT2D eigenvalue weighted by Crippen LogP contribution is 2.36. The van der Waals surface area contributed by atoms with E-state index < -0.39 is 12.7 Å². The SMILES string of the molecule is CC(C)c1noc(C(C)Sc2nnc(N3CCOCC3)n2CC(F)(F)F)n1. The summed E-state index contributed by atoms with van der Waals surface area (Å²) in [4.78, 5) is 6.05. The van der Waals surface area contributed by atoms with E-state index in [9.17, 15) is 13.2 Å². The van der Waals surface area contributed by atoms with Gasteiger partial charge in [-0.05, 0) is 6.92 Å². The van der Waals surface area contributed by atoms with E-state index in [1.54, 1.807) is 11.8 Å². The first-order chi connectivity index (χ1) is 12.7. The number of rotatable bonds is 6. The lowest BCUT2D eigenvalue weighted by Crippen LogP contribution is -2.38. The van der Waals surface area contributed by atoms with Crippen molar-refractivity contribution in [2.24, 2.45) is 0 Å². The third-order valence-corrected chi connectivity index (χ3v) is 5.00. The predicted octanol–water partition coefficient (Wildman–Crippen LogP) is 3.04. The van der Waals surface area contributed by atoms with Gasteiger partial charge in [-0.3, -0.25) is 4.57 Å². The number of hydrogen-bond donors (Lipinski definition) is 0. The summed E-state index contributed by atoms with van der Waals surface area (Å²) in [7, 11) is 0. The average Bonchev–Trinajstić information content (AvgIpc) is 3.23. The first kappa shape index (κ1) is 19.9. The fourth-order valence-corrected chi connectivity index (χ4v) is 3.41. The van der Waals surface area contributed by atoms with E-state index in [0.29, 0.717) is 38.0 Å². The Labute approximate surface area is 158 Å². The molecule has 0 spiro atoms. The molecular weight excluding hydrogens is 385 g/mol. The maximum absolute atomic E-state index is 13.1. The van der Waals surface area contributed by atoms with E-state index >= 15 is 0 Å². The van der Waals surface area contributed by atoms with Crippen LogP contribution in [0.25, 0.3) is 0 Å². The van der Waals surface area contributed by atoms with Crippen molar-refractivity contribution < 1.29 is 22.4 Å². The van der Waals surface area contributed by atoms with E-state index in [1.807, 2.05) is 13.8 Å². The first-order valence-electron chi connectivity index (χ1n) is 8.57. The highest BCUT2D eigenvalue weighted by Gasteiger charge is 2.33. The molecule has 27 heavy (non-hydrogen) atoms. The van der Waals surface area contributed by atoms with Crippen LogP contribution in [0.15, 0.2) is 9.68 Å². The van der Waals surface area contributed by atoms with Gasteiger partial charge in [0.2, 0.25) is 11.8 Å². The Morgan fingerprint density at radius 3 is 2.44 bits per heavy atom. The molecule has 0 aromatic carbocycles. The average molecular weight is 406 g/mol. The zero-order chi connectivity index (χ0) is 19.6. The van der Waals surface area contributed by atoms with Gasteiger partial charge in [-0.15, -0.1) is 10.2 Å². The second kappa shape index (κ2) is 8.05. The van der Waals surface area contributed by atoms with E-state index in [1.165, 1.54) is 0 Å². The maximum atomic E-state index is 13.1. The molecule has 0 N–H and O–H groups in total. The summed E-state index contributed by atoms with van der Waals surface area (Å²) in [5.41, 5.74) is 0. The van der Waals surface area contributed by atoms with Gasteiger partial charge in [0.25, 0.3) is 0 Å². The molecule has 12 heteroatoms. The molecule has 1 atom stereocenters. The van der Waals surface area contributed by atoms with Gasteiger partial charge in [-0.2, -0.15) is 18.2 Å². The van der Waals surface area contributed by atoms with Gasteiger partial charge in [0, 0.05) is 19.0 Å². The molecule has 2 aromatic heterocycles. The van der Waals surface area contributed by atoms with E-state index in [0.717, 1.165) is 16.3 Å². The third-order valence-electron chi connectivity index (χ3n) is 3.93. The highest BCUT2D eigenvalue weighted by molar-refractivity contribution is 7.99. The molecule has 1 aliphatic rings. The Hall–Kier alpha value is -1.82. The van der Waals surface area contributed by atoms with Crippen LogP contribution in [0.5, 0.6) is 0 Å². The number of hydrogen-bond acceptors (Lipinski definition) is 8. The lowest BCUT2D eigenvalue weighted by Gasteiger charge is -2.28. The second-order valence-corrected chi connectivity index (χ2v) is 7.80. The summed E-state index contributed by atoms with van der Waals surface area (Å²) in [5, 5.41) is 11.7. The monoisotopic (exact) mass is 406 g/mol. The summed E-state index contributed by atoms with van der Waals surface area (Å²) in [6.45, 7) is 6.30. The Bertz CT molecular complexity index is 757. The van der Waals surface area contributed by atoms with Crippen LogP contribution < -0.4 is 4.90 Å². The Morgan fingerprint density at radius 2 is 1.85 bits per heavy atom. The van der Waals surface area contributed by atoms with Gasteiger partial charge in [0.1, 0.15) is 6.54 Å². The lowest BCUT2D eigenvalue weighted by molar-refractivity contribution is -0.141. The number of halogens is 3. The van der Waals surface area contributed by atoms with Gasteiger partial charge in [0.05, 0.1) is 18.5 Å². The van der Waals surface area contributed by atoms with Gasteiger partial charge >= 0.3 is 6.18 Å². The van der Waals surface area contributed by atoms with Gasteiger partial charge in [0.15, 0.2) is 11.0 Å². The summed E-state index contributed by atoms with van der Waals surface area (Å²) in [6, 6.07) is 0. The fourth-order valence-electron chi connectivity index (χ4n) is 2.54. The zero-order valence-electron chi connectivity index (χ0n) is 15.2. The van der Waals surface area contributed by atoms with E-state index in [4.69, 9.17) is 9.26 Å². The van der Waals surface area contributed by atoms with Crippen molar-refractivity contribution in [2.45, 2.75) is 49.8 Å². The number of anilines is 1. The van der Waals surface area contributed by atoms with E-state index in [-0.39, 0.29) is 22.3 Å². The molecular formula is C15H21F3N6O2S. The number of morpholine rings is 1. The Kier molecular flexibility index (Phi) is 5.94. The smallest absolute Gasteiger partial charge is 0.378 e. The molecule has 0 radical (unpaired) electrons. The van der Waals surface area contributed by atoms with Crippen LogP contribution in [0.1, 0.15) is 43.7 Å². The largest absolute Gasteiger partial charge is 0.406 e. The molecule has 0 aliphatic carbocycles. The van der Waals surface area contributed by atoms with Gasteiger partial charge in [-0.1, -0.05) is 30.8 Å². The molecule has 3 rings (SSSR count). The predicted molar refractivity (Wildman–Crippen MR) is 91.8 cm³/mol. The van der Waals surface area contributed by atoms with E-state index in [2.05, 4.69) is 20.3 Å². The molecule has 0 amide bonds. The number of alkyl halides is 3. The highest BCUT2D eigenvalue weighted by atomic mass is 32.2. The van der Waals surface area contributed by atoms with Crippen LogP contribution in [-0.4, -0.2) is 57.4 Å². The third kappa shape index (κ3) is 4.92. The molecule has 1 aliphatic heterocycles. The molecule has 0 bridgehead atoms. The molecule has 1 saturated heterocycles. The van der Waals surface area contributed by atoms with Crippen molar-refractivity contribution in [1.82, 2.24) is 24.9 Å². The van der Waals surface area contributed by atoms with Crippen LogP contribution in [0.3, 0.4) is 0 Å². The Morgan fingerprint density at radius 1 is 1.15 bits per heavy atom. The molecule has 1 fully saturated rings. The van der Waals surface area contributed by atoms with Crippen LogP contribution in [0.4, 0.5) is 19.1 Å². The molecule has 8 nitrogen and oxygen atoms in total. The molecule has 0 saturated carbocycles. The van der Waals surface area contributed by atoms with Crippen molar-refractivity contribution in [1.29, 1.82) is 0 Å². The summed E-state index contributed by atoms with van der Waals surface area (Å²) < 4.78 is 51.0. The quantitative estimate of drug-likeness (QED) is 0.677.